The first-order chi connectivity index (χ1) is 9.39. The van der Waals surface area contributed by atoms with Crippen molar-refractivity contribution in [1.29, 1.82) is 0 Å². The molecule has 0 radical (unpaired) electrons. The number of rotatable bonds is 0. The number of morpholine rings is 1. The van der Waals surface area contributed by atoms with E-state index in [4.69, 9.17) is 4.74 Å². The number of amides is 1. The number of alkyl halides is 3. The predicted molar refractivity (Wildman–Crippen MR) is 62.9 cm³/mol. The molecule has 1 saturated heterocycles. The number of benzene rings is 1. The number of ether oxygens (including phenoxy) is 1. The molecular weight excluding hydrogens is 271 g/mol. The van der Waals surface area contributed by atoms with E-state index >= 15 is 0 Å². The van der Waals surface area contributed by atoms with Crippen molar-refractivity contribution in [3.8, 4) is 0 Å². The quantitative estimate of drug-likeness (QED) is 0.793. The second kappa shape index (κ2) is 3.55. The minimum absolute atomic E-state index is 0.133. The fourth-order valence-corrected chi connectivity index (χ4v) is 3.15. The Morgan fingerprint density at radius 3 is 2.70 bits per heavy atom. The van der Waals surface area contributed by atoms with Gasteiger partial charge in [0.05, 0.1) is 17.7 Å². The molecule has 4 rings (SSSR count). The van der Waals surface area contributed by atoms with Gasteiger partial charge < -0.3 is 10.1 Å². The molecule has 106 valence electrons. The molecule has 0 bridgehead atoms. The van der Waals surface area contributed by atoms with E-state index in [9.17, 15) is 18.0 Å². The van der Waals surface area contributed by atoms with E-state index < -0.39 is 17.3 Å². The number of hydrogen-bond acceptors (Lipinski definition) is 2. The van der Waals surface area contributed by atoms with Crippen LogP contribution in [0.25, 0.3) is 0 Å². The van der Waals surface area contributed by atoms with Crippen LogP contribution in [0.3, 0.4) is 0 Å². The van der Waals surface area contributed by atoms with Crippen LogP contribution in [-0.2, 0) is 22.1 Å². The van der Waals surface area contributed by atoms with Crippen LogP contribution in [0, 0.1) is 0 Å². The molecule has 1 aliphatic heterocycles. The molecule has 2 fully saturated rings. The maximum absolute atomic E-state index is 12.7. The summed E-state index contributed by atoms with van der Waals surface area (Å²) in [5.41, 5.74) is 0.0119. The van der Waals surface area contributed by atoms with Gasteiger partial charge in [0.25, 0.3) is 5.91 Å². The van der Waals surface area contributed by atoms with Crippen molar-refractivity contribution >= 4 is 5.91 Å². The summed E-state index contributed by atoms with van der Waals surface area (Å²) in [5, 5.41) is 2.90. The summed E-state index contributed by atoms with van der Waals surface area (Å²) in [4.78, 5) is 11.9. The minimum atomic E-state index is -4.34. The monoisotopic (exact) mass is 283 g/mol. The van der Waals surface area contributed by atoms with Gasteiger partial charge in [-0.05, 0) is 36.1 Å². The first-order valence-corrected chi connectivity index (χ1v) is 6.58. The molecule has 0 aromatic heterocycles. The van der Waals surface area contributed by atoms with E-state index in [0.717, 1.165) is 11.6 Å². The first kappa shape index (κ1) is 12.2. The highest BCUT2D eigenvalue weighted by Crippen LogP contribution is 2.49. The molecule has 1 spiro atoms. The lowest BCUT2D eigenvalue weighted by Crippen LogP contribution is -2.51. The average molecular weight is 283 g/mol. The van der Waals surface area contributed by atoms with Crippen molar-refractivity contribution in [3.63, 3.8) is 0 Å². The summed E-state index contributed by atoms with van der Waals surface area (Å²) >= 11 is 0. The van der Waals surface area contributed by atoms with Crippen LogP contribution in [-0.4, -0.2) is 17.6 Å². The van der Waals surface area contributed by atoms with Gasteiger partial charge in [0.1, 0.15) is 5.60 Å². The normalized spacial score (nSPS) is 29.9. The van der Waals surface area contributed by atoms with Crippen molar-refractivity contribution in [2.24, 2.45) is 0 Å². The third-order valence-electron chi connectivity index (χ3n) is 4.38. The fraction of sp³-hybridized carbons (Fsp3) is 0.500. The standard InChI is InChI=1S/C14H12F3NO2/c15-14(16,17)8-1-2-9-7(5-8)6-10-11(9)18-12(19)13(20-10)3-4-13/h1-2,5,10-11H,3-4,6H2,(H,18,19)/t10-,11+/m1/s1. The molecule has 1 heterocycles. The summed E-state index contributed by atoms with van der Waals surface area (Å²) < 4.78 is 44.0. The summed E-state index contributed by atoms with van der Waals surface area (Å²) in [6, 6.07) is 3.38. The Bertz CT molecular complexity index is 607. The van der Waals surface area contributed by atoms with Crippen LogP contribution >= 0.6 is 0 Å². The van der Waals surface area contributed by atoms with Crippen LogP contribution in [0.5, 0.6) is 0 Å². The van der Waals surface area contributed by atoms with Crippen LogP contribution in [0.15, 0.2) is 18.2 Å². The van der Waals surface area contributed by atoms with E-state index in [1.54, 1.807) is 0 Å². The molecule has 1 amide bonds. The van der Waals surface area contributed by atoms with Crippen molar-refractivity contribution in [2.75, 3.05) is 0 Å². The number of carbonyl (C=O) groups excluding carboxylic acids is 1. The van der Waals surface area contributed by atoms with Gasteiger partial charge in [-0.3, -0.25) is 4.79 Å². The molecule has 3 nitrogen and oxygen atoms in total. The Morgan fingerprint density at radius 2 is 2.05 bits per heavy atom. The zero-order chi connectivity index (χ0) is 14.1. The predicted octanol–water partition coefficient (Wildman–Crippen LogP) is 2.35. The van der Waals surface area contributed by atoms with Gasteiger partial charge in [-0.1, -0.05) is 6.07 Å². The summed E-state index contributed by atoms with van der Waals surface area (Å²) in [6.45, 7) is 0. The van der Waals surface area contributed by atoms with Gasteiger partial charge in [0.15, 0.2) is 0 Å². The molecule has 2 atom stereocenters. The fourth-order valence-electron chi connectivity index (χ4n) is 3.15. The number of carbonyl (C=O) groups is 1. The lowest BCUT2D eigenvalue weighted by atomic mass is 10.0. The highest BCUT2D eigenvalue weighted by Gasteiger charge is 2.58. The molecule has 1 saturated carbocycles. The molecule has 20 heavy (non-hydrogen) atoms. The third kappa shape index (κ3) is 1.60. The number of hydrogen-bond donors (Lipinski definition) is 1. The van der Waals surface area contributed by atoms with Gasteiger partial charge >= 0.3 is 6.18 Å². The van der Waals surface area contributed by atoms with Gasteiger partial charge in [0.2, 0.25) is 0 Å². The Morgan fingerprint density at radius 1 is 1.30 bits per heavy atom. The molecular formula is C14H12F3NO2. The topological polar surface area (TPSA) is 38.3 Å². The molecule has 0 unspecified atom stereocenters. The van der Waals surface area contributed by atoms with E-state index in [0.29, 0.717) is 24.8 Å². The lowest BCUT2D eigenvalue weighted by molar-refractivity contribution is -0.153. The van der Waals surface area contributed by atoms with E-state index in [2.05, 4.69) is 5.32 Å². The van der Waals surface area contributed by atoms with Gasteiger partial charge in [-0.25, -0.2) is 0 Å². The zero-order valence-electron chi connectivity index (χ0n) is 10.5. The Kier molecular flexibility index (Phi) is 2.17. The SMILES string of the molecule is O=C1N[C@H]2c3ccc(C(F)(F)F)cc3C[C@H]2OC12CC2. The van der Waals surface area contributed by atoms with Crippen molar-refractivity contribution in [3.05, 3.63) is 34.9 Å². The highest BCUT2D eigenvalue weighted by atomic mass is 19.4. The smallest absolute Gasteiger partial charge is 0.359 e. The number of fused-ring (bicyclic) bond motifs is 3. The van der Waals surface area contributed by atoms with Crippen LogP contribution in [0.2, 0.25) is 0 Å². The molecule has 1 N–H and O–H groups in total. The third-order valence-corrected chi connectivity index (χ3v) is 4.38. The van der Waals surface area contributed by atoms with Crippen LogP contribution < -0.4 is 5.32 Å². The van der Waals surface area contributed by atoms with E-state index in [1.165, 1.54) is 12.1 Å². The lowest BCUT2D eigenvalue weighted by Gasteiger charge is -2.33. The summed E-state index contributed by atoms with van der Waals surface area (Å²) in [7, 11) is 0. The molecule has 2 aliphatic carbocycles. The van der Waals surface area contributed by atoms with Crippen molar-refractivity contribution in [2.45, 2.75) is 43.2 Å². The van der Waals surface area contributed by atoms with Gasteiger partial charge in [-0.2, -0.15) is 13.2 Å². The van der Waals surface area contributed by atoms with Crippen LogP contribution in [0.1, 0.15) is 35.6 Å². The van der Waals surface area contributed by atoms with E-state index in [1.807, 2.05) is 0 Å². The average Bonchev–Trinajstić information content (AvgIpc) is 3.05. The van der Waals surface area contributed by atoms with Crippen molar-refractivity contribution < 1.29 is 22.7 Å². The zero-order valence-corrected chi connectivity index (χ0v) is 10.5. The minimum Gasteiger partial charge on any atom is -0.359 e. The van der Waals surface area contributed by atoms with Gasteiger partial charge in [-0.15, -0.1) is 0 Å². The number of halogens is 3. The second-order valence-corrected chi connectivity index (χ2v) is 5.72. The molecule has 3 aliphatic rings. The Balaban J connectivity index is 1.69. The summed E-state index contributed by atoms with van der Waals surface area (Å²) in [5.74, 6) is -0.133. The Hall–Kier alpha value is -1.56. The molecule has 6 heteroatoms. The molecule has 1 aromatic carbocycles. The highest BCUT2D eigenvalue weighted by molar-refractivity contribution is 5.89. The van der Waals surface area contributed by atoms with Gasteiger partial charge in [0, 0.05) is 6.42 Å². The summed E-state index contributed by atoms with van der Waals surface area (Å²) in [6.07, 6.45) is -2.76. The van der Waals surface area contributed by atoms with Crippen LogP contribution in [0.4, 0.5) is 13.2 Å². The van der Waals surface area contributed by atoms with E-state index in [-0.39, 0.29) is 18.1 Å². The maximum atomic E-state index is 12.7. The molecule has 1 aromatic rings. The first-order valence-electron chi connectivity index (χ1n) is 6.58. The maximum Gasteiger partial charge on any atom is 0.416 e. The van der Waals surface area contributed by atoms with Crippen molar-refractivity contribution in [1.82, 2.24) is 5.32 Å². The Labute approximate surface area is 113 Å². The second-order valence-electron chi connectivity index (χ2n) is 5.72. The largest absolute Gasteiger partial charge is 0.416 e. The number of nitrogens with one attached hydrogen (secondary N) is 1.